The van der Waals surface area contributed by atoms with E-state index in [4.69, 9.17) is 38.3 Å². The fourth-order valence-corrected chi connectivity index (χ4v) is 7.32. The zero-order chi connectivity index (χ0) is 46.2. The highest BCUT2D eigenvalue weighted by atomic mass is 16.6. The molecule has 0 spiro atoms. The van der Waals surface area contributed by atoms with E-state index >= 15 is 0 Å². The molecule has 3 aliphatic heterocycles. The van der Waals surface area contributed by atoms with Gasteiger partial charge in [-0.25, -0.2) is 14.4 Å². The molecule has 354 valence electrons. The number of carbonyl (C=O) groups is 6. The van der Waals surface area contributed by atoms with E-state index in [-0.39, 0.29) is 50.7 Å². The molecule has 0 saturated carbocycles. The number of aliphatic hydroxyl groups is 1. The van der Waals surface area contributed by atoms with Crippen LogP contribution in [0.1, 0.15) is 121 Å². The molecule has 0 aromatic heterocycles. The number of carbonyl (C=O) groups excluding carboxylic acids is 6. The minimum Gasteiger partial charge on any atom is -0.469 e. The number of likely N-dealkylation sites (tertiary alicyclic amines) is 3. The molecule has 0 aromatic rings. The number of hydrogen-bond donors (Lipinski definition) is 1. The fourth-order valence-electron chi connectivity index (χ4n) is 7.32. The van der Waals surface area contributed by atoms with Gasteiger partial charge >= 0.3 is 36.2 Å². The van der Waals surface area contributed by atoms with Crippen molar-refractivity contribution in [3.63, 3.8) is 0 Å². The van der Waals surface area contributed by atoms with E-state index in [0.29, 0.717) is 84.3 Å². The Morgan fingerprint density at radius 3 is 1.18 bits per heavy atom. The van der Waals surface area contributed by atoms with E-state index in [1.165, 1.54) is 21.3 Å². The molecule has 3 unspecified atom stereocenters. The average Bonchev–Trinajstić information content (AvgIpc) is 3.91. The molecular formula is C44H79N3O14. The SMILES string of the molecule is C.C=CCC1(C(=O)OC)CCN(C(=O)OC(C)(C)C)C1.COC(=O)C1(CCCO)CCN(C(=O)OC(C)(C)C)C1.COCCCC1(C(=O)OC)CCN(C(=O)OC(C)(C)C)C1. The Kier molecular flexibility index (Phi) is 22.8. The maximum Gasteiger partial charge on any atom is 0.410 e. The van der Waals surface area contributed by atoms with E-state index in [1.807, 2.05) is 41.5 Å². The van der Waals surface area contributed by atoms with Crippen molar-refractivity contribution in [1.82, 2.24) is 14.7 Å². The predicted octanol–water partition coefficient (Wildman–Crippen LogP) is 6.77. The van der Waals surface area contributed by atoms with Crippen molar-refractivity contribution in [2.45, 2.75) is 138 Å². The summed E-state index contributed by atoms with van der Waals surface area (Å²) >= 11 is 0. The third-order valence-corrected chi connectivity index (χ3v) is 10.2. The van der Waals surface area contributed by atoms with E-state index in [9.17, 15) is 28.8 Å². The summed E-state index contributed by atoms with van der Waals surface area (Å²) in [5.74, 6) is -0.875. The summed E-state index contributed by atoms with van der Waals surface area (Å²) < 4.78 is 35.7. The minimum absolute atomic E-state index is 0. The fraction of sp³-hybridized carbons (Fsp3) is 0.818. The third kappa shape index (κ3) is 18.0. The minimum atomic E-state index is -0.714. The number of nitrogens with zero attached hydrogens (tertiary/aromatic N) is 3. The van der Waals surface area contributed by atoms with Crippen molar-refractivity contribution >= 4 is 36.2 Å². The summed E-state index contributed by atoms with van der Waals surface area (Å²) in [7, 11) is 5.73. The molecule has 3 saturated heterocycles. The Morgan fingerprint density at radius 1 is 0.574 bits per heavy atom. The van der Waals surface area contributed by atoms with Crippen LogP contribution >= 0.6 is 0 Å². The summed E-state index contributed by atoms with van der Waals surface area (Å²) in [5.41, 5.74) is -3.65. The van der Waals surface area contributed by atoms with Gasteiger partial charge in [-0.1, -0.05) is 13.5 Å². The molecule has 3 fully saturated rings. The van der Waals surface area contributed by atoms with Crippen molar-refractivity contribution in [3.8, 4) is 0 Å². The van der Waals surface area contributed by atoms with Crippen molar-refractivity contribution in [1.29, 1.82) is 0 Å². The smallest absolute Gasteiger partial charge is 0.410 e. The molecule has 61 heavy (non-hydrogen) atoms. The van der Waals surface area contributed by atoms with Crippen LogP contribution in [-0.2, 0) is 47.5 Å². The number of ether oxygens (including phenoxy) is 7. The highest BCUT2D eigenvalue weighted by Crippen LogP contribution is 2.39. The molecule has 17 nitrogen and oxygen atoms in total. The van der Waals surface area contributed by atoms with Gasteiger partial charge in [0.2, 0.25) is 0 Å². The molecule has 3 aliphatic rings. The lowest BCUT2D eigenvalue weighted by molar-refractivity contribution is -0.153. The van der Waals surface area contributed by atoms with Gasteiger partial charge in [0.25, 0.3) is 0 Å². The van der Waals surface area contributed by atoms with Crippen LogP contribution in [0.2, 0.25) is 0 Å². The first-order valence-corrected chi connectivity index (χ1v) is 20.6. The Morgan fingerprint density at radius 2 is 0.885 bits per heavy atom. The quantitative estimate of drug-likeness (QED) is 0.0933. The highest BCUT2D eigenvalue weighted by Gasteiger charge is 2.49. The van der Waals surface area contributed by atoms with E-state index in [0.717, 1.165) is 6.42 Å². The topological polar surface area (TPSA) is 197 Å². The molecule has 0 bridgehead atoms. The van der Waals surface area contributed by atoms with Crippen molar-refractivity contribution in [2.24, 2.45) is 16.2 Å². The highest BCUT2D eigenvalue weighted by molar-refractivity contribution is 5.81. The number of amides is 3. The lowest BCUT2D eigenvalue weighted by Gasteiger charge is -2.28. The zero-order valence-corrected chi connectivity index (χ0v) is 38.7. The van der Waals surface area contributed by atoms with Gasteiger partial charge in [-0.05, 0) is 114 Å². The molecule has 3 atom stereocenters. The molecule has 3 rings (SSSR count). The van der Waals surface area contributed by atoms with Crippen molar-refractivity contribution < 1.29 is 67.0 Å². The molecule has 1 N–H and O–H groups in total. The lowest BCUT2D eigenvalue weighted by atomic mass is 9.82. The number of esters is 3. The molecule has 0 aliphatic carbocycles. The largest absolute Gasteiger partial charge is 0.469 e. The summed E-state index contributed by atoms with van der Waals surface area (Å²) in [6, 6.07) is 0. The summed E-state index contributed by atoms with van der Waals surface area (Å²) in [6.07, 6.45) is 5.16. The van der Waals surface area contributed by atoms with Crippen LogP contribution in [0.4, 0.5) is 14.4 Å². The van der Waals surface area contributed by atoms with Gasteiger partial charge in [0.05, 0.1) is 37.6 Å². The second kappa shape index (κ2) is 24.5. The molecule has 0 radical (unpaired) electrons. The monoisotopic (exact) mass is 874 g/mol. The average molecular weight is 874 g/mol. The van der Waals surface area contributed by atoms with E-state index in [2.05, 4.69) is 6.58 Å². The predicted molar refractivity (Wildman–Crippen MR) is 230 cm³/mol. The first-order valence-electron chi connectivity index (χ1n) is 20.6. The van der Waals surface area contributed by atoms with Crippen LogP contribution in [0.5, 0.6) is 0 Å². The van der Waals surface area contributed by atoms with Gasteiger partial charge in [0.15, 0.2) is 0 Å². The van der Waals surface area contributed by atoms with Gasteiger partial charge in [0.1, 0.15) is 16.8 Å². The standard InChI is InChI=1S/C15H27NO5.C14H25NO5.C14H23NO4.CH4/c1-14(2,3)21-13(18)16-9-8-15(11-16,12(17)20-5)7-6-10-19-4;1-13(2,3)20-12(18)15-8-7-14(10-15,6-5-9-16)11(17)19-4;1-6-7-14(11(16)18-5)8-9-15(10-14)12(17)19-13(2,3)4;/h6-11H2,1-5H3;16H,5-10H2,1-4H3;6H,1,7-10H2,2-5H3;1H4. The van der Waals surface area contributed by atoms with Crippen LogP contribution in [0.15, 0.2) is 12.7 Å². The van der Waals surface area contributed by atoms with Gasteiger partial charge in [-0.2, -0.15) is 0 Å². The second-order valence-corrected chi connectivity index (χ2v) is 18.7. The van der Waals surface area contributed by atoms with Crippen molar-refractivity contribution in [2.75, 3.05) is 80.9 Å². The van der Waals surface area contributed by atoms with Crippen LogP contribution in [0.25, 0.3) is 0 Å². The maximum atomic E-state index is 12.1. The molecule has 3 amide bonds. The normalized spacial score (nSPS) is 22.3. The Hall–Kier alpha value is -4.12. The van der Waals surface area contributed by atoms with Gasteiger partial charge in [-0.15, -0.1) is 6.58 Å². The summed E-state index contributed by atoms with van der Waals surface area (Å²) in [6.45, 7) is 23.1. The van der Waals surface area contributed by atoms with Gasteiger partial charge in [0, 0.05) is 59.6 Å². The Labute approximate surface area is 365 Å². The number of aliphatic hydroxyl groups excluding tert-OH is 1. The molecular weight excluding hydrogens is 794 g/mol. The number of methoxy groups -OCH3 is 4. The maximum absolute atomic E-state index is 12.1. The van der Waals surface area contributed by atoms with Crippen molar-refractivity contribution in [3.05, 3.63) is 12.7 Å². The molecule has 17 heteroatoms. The van der Waals surface area contributed by atoms with Crippen LogP contribution in [0, 0.1) is 16.2 Å². The van der Waals surface area contributed by atoms with Crippen LogP contribution in [0.3, 0.4) is 0 Å². The molecule has 0 aromatic carbocycles. The first kappa shape index (κ1) is 56.9. The summed E-state index contributed by atoms with van der Waals surface area (Å²) in [5, 5.41) is 8.97. The van der Waals surface area contributed by atoms with Crippen LogP contribution in [-0.4, -0.2) is 154 Å². The van der Waals surface area contributed by atoms with E-state index in [1.54, 1.807) is 48.7 Å². The molecule has 3 heterocycles. The van der Waals surface area contributed by atoms with Crippen LogP contribution < -0.4 is 0 Å². The summed E-state index contributed by atoms with van der Waals surface area (Å²) in [4.78, 5) is 76.9. The Balaban J connectivity index is 0.000000879. The third-order valence-electron chi connectivity index (χ3n) is 10.2. The lowest BCUT2D eigenvalue weighted by Crippen LogP contribution is -2.40. The zero-order valence-electron chi connectivity index (χ0n) is 38.7. The van der Waals surface area contributed by atoms with E-state index < -0.39 is 39.1 Å². The number of hydrogen-bond acceptors (Lipinski definition) is 14. The second-order valence-electron chi connectivity index (χ2n) is 18.7. The van der Waals surface area contributed by atoms with Gasteiger partial charge in [-0.3, -0.25) is 14.4 Å². The number of allylic oxidation sites excluding steroid dienone is 1. The number of rotatable bonds is 12. The van der Waals surface area contributed by atoms with Gasteiger partial charge < -0.3 is 53.0 Å². The Bertz CT molecular complexity index is 1450. The first-order chi connectivity index (χ1) is 27.7.